The molecule has 0 atom stereocenters. The molecule has 0 bridgehead atoms. The van der Waals surface area contributed by atoms with E-state index in [4.69, 9.17) is 12.2 Å². The molecule has 1 aromatic heterocycles. The maximum atomic E-state index is 10.4. The SMILES string of the molecule is Cc1ccc(-n2c(O)c(C=Nc3ccccc3)sc2=S)cc1. The third-order valence-electron chi connectivity index (χ3n) is 3.19. The van der Waals surface area contributed by atoms with Crippen LogP contribution in [-0.4, -0.2) is 15.9 Å². The Labute approximate surface area is 137 Å². The number of hydrogen-bond acceptors (Lipinski definition) is 4. The van der Waals surface area contributed by atoms with Crippen molar-refractivity contribution in [3.05, 3.63) is 69.0 Å². The molecule has 110 valence electrons. The molecule has 0 radical (unpaired) electrons. The largest absolute Gasteiger partial charge is 0.493 e. The Bertz CT molecular complexity index is 862. The summed E-state index contributed by atoms with van der Waals surface area (Å²) < 4.78 is 2.25. The topological polar surface area (TPSA) is 37.5 Å². The standard InChI is InChI=1S/C17H14N2OS2/c1-12-7-9-14(10-8-12)19-16(20)15(22-17(19)21)11-18-13-5-3-2-4-6-13/h2-11,20H,1H3. The Hall–Kier alpha value is -2.24. The van der Waals surface area contributed by atoms with E-state index in [0.717, 1.165) is 16.9 Å². The molecular formula is C17H14N2OS2. The van der Waals surface area contributed by atoms with Gasteiger partial charge >= 0.3 is 0 Å². The highest BCUT2D eigenvalue weighted by Gasteiger charge is 2.11. The average Bonchev–Trinajstić information content (AvgIpc) is 2.82. The molecule has 0 aliphatic heterocycles. The van der Waals surface area contributed by atoms with Crippen molar-refractivity contribution in [2.45, 2.75) is 6.92 Å². The number of benzene rings is 2. The molecule has 3 rings (SSSR count). The van der Waals surface area contributed by atoms with Gasteiger partial charge in [0.15, 0.2) is 3.95 Å². The first-order valence-electron chi connectivity index (χ1n) is 6.76. The van der Waals surface area contributed by atoms with E-state index in [2.05, 4.69) is 4.99 Å². The molecule has 0 aliphatic rings. The Morgan fingerprint density at radius 2 is 1.77 bits per heavy atom. The predicted molar refractivity (Wildman–Crippen MR) is 94.6 cm³/mol. The van der Waals surface area contributed by atoms with Gasteiger partial charge in [-0.05, 0) is 43.4 Å². The summed E-state index contributed by atoms with van der Waals surface area (Å²) in [6, 6.07) is 17.5. The lowest BCUT2D eigenvalue weighted by molar-refractivity contribution is 0.441. The van der Waals surface area contributed by atoms with Gasteiger partial charge in [0, 0.05) is 0 Å². The van der Waals surface area contributed by atoms with Crippen LogP contribution < -0.4 is 0 Å². The minimum atomic E-state index is 0.124. The van der Waals surface area contributed by atoms with Crippen molar-refractivity contribution in [2.24, 2.45) is 4.99 Å². The Balaban J connectivity index is 1.99. The summed E-state index contributed by atoms with van der Waals surface area (Å²) in [5.74, 6) is 0.124. The highest BCUT2D eigenvalue weighted by atomic mass is 32.1. The number of para-hydroxylation sites is 1. The van der Waals surface area contributed by atoms with E-state index in [0.29, 0.717) is 8.83 Å². The average molecular weight is 326 g/mol. The lowest BCUT2D eigenvalue weighted by atomic mass is 10.2. The summed E-state index contributed by atoms with van der Waals surface area (Å²) in [5, 5.41) is 10.4. The molecule has 22 heavy (non-hydrogen) atoms. The molecule has 3 aromatic rings. The smallest absolute Gasteiger partial charge is 0.216 e. The van der Waals surface area contributed by atoms with E-state index in [1.807, 2.05) is 61.5 Å². The predicted octanol–water partition coefficient (Wildman–Crippen LogP) is 5.03. The van der Waals surface area contributed by atoms with Gasteiger partial charge in [-0.25, -0.2) is 0 Å². The van der Waals surface area contributed by atoms with Crippen LogP contribution in [0.3, 0.4) is 0 Å². The zero-order valence-electron chi connectivity index (χ0n) is 11.9. The molecule has 2 aromatic carbocycles. The number of aromatic nitrogens is 1. The Morgan fingerprint density at radius 1 is 1.09 bits per heavy atom. The molecule has 0 saturated carbocycles. The van der Waals surface area contributed by atoms with Gasteiger partial charge in [-0.1, -0.05) is 47.2 Å². The maximum Gasteiger partial charge on any atom is 0.216 e. The van der Waals surface area contributed by atoms with Crippen molar-refractivity contribution < 1.29 is 5.11 Å². The highest BCUT2D eigenvalue weighted by molar-refractivity contribution is 7.73. The first-order chi connectivity index (χ1) is 10.6. The monoisotopic (exact) mass is 326 g/mol. The van der Waals surface area contributed by atoms with Gasteiger partial charge in [-0.15, -0.1) is 0 Å². The van der Waals surface area contributed by atoms with Crippen LogP contribution in [0.4, 0.5) is 5.69 Å². The van der Waals surface area contributed by atoms with E-state index in [-0.39, 0.29) is 5.88 Å². The number of nitrogens with zero attached hydrogens (tertiary/aromatic N) is 2. The number of rotatable bonds is 3. The van der Waals surface area contributed by atoms with Gasteiger partial charge in [-0.3, -0.25) is 9.56 Å². The van der Waals surface area contributed by atoms with E-state index >= 15 is 0 Å². The van der Waals surface area contributed by atoms with E-state index in [1.54, 1.807) is 10.8 Å². The molecule has 0 amide bonds. The highest BCUT2D eigenvalue weighted by Crippen LogP contribution is 2.28. The van der Waals surface area contributed by atoms with Crippen molar-refractivity contribution in [1.82, 2.24) is 4.57 Å². The van der Waals surface area contributed by atoms with Gasteiger partial charge in [0.05, 0.1) is 17.6 Å². The molecule has 0 fully saturated rings. The fourth-order valence-electron chi connectivity index (χ4n) is 2.03. The minimum Gasteiger partial charge on any atom is -0.493 e. The fourth-order valence-corrected chi connectivity index (χ4v) is 3.26. The van der Waals surface area contributed by atoms with Crippen LogP contribution in [0, 0.1) is 10.9 Å². The minimum absolute atomic E-state index is 0.124. The number of aliphatic imine (C=N–C) groups is 1. The first-order valence-corrected chi connectivity index (χ1v) is 7.98. The molecular weight excluding hydrogens is 312 g/mol. The van der Waals surface area contributed by atoms with Crippen LogP contribution in [0.5, 0.6) is 5.88 Å². The third-order valence-corrected chi connectivity index (χ3v) is 4.49. The summed E-state index contributed by atoms with van der Waals surface area (Å²) in [6.45, 7) is 2.02. The molecule has 3 nitrogen and oxygen atoms in total. The maximum absolute atomic E-state index is 10.4. The summed E-state index contributed by atoms with van der Waals surface area (Å²) in [5.41, 5.74) is 2.85. The number of thiazole rings is 1. The molecule has 0 saturated heterocycles. The lowest BCUT2D eigenvalue weighted by Crippen LogP contribution is -1.93. The van der Waals surface area contributed by atoms with Crippen molar-refractivity contribution in [3.8, 4) is 11.6 Å². The quantitative estimate of drug-likeness (QED) is 0.541. The van der Waals surface area contributed by atoms with E-state index in [9.17, 15) is 5.11 Å². The van der Waals surface area contributed by atoms with Gasteiger partial charge in [0.25, 0.3) is 0 Å². The lowest BCUT2D eigenvalue weighted by Gasteiger charge is -2.04. The van der Waals surface area contributed by atoms with Gasteiger partial charge < -0.3 is 5.11 Å². The number of aryl methyl sites for hydroxylation is 1. The second-order valence-corrected chi connectivity index (χ2v) is 6.50. The van der Waals surface area contributed by atoms with Gasteiger partial charge in [-0.2, -0.15) is 0 Å². The second kappa shape index (κ2) is 6.25. The van der Waals surface area contributed by atoms with E-state index in [1.165, 1.54) is 11.3 Å². The third kappa shape index (κ3) is 3.00. The van der Waals surface area contributed by atoms with Crippen molar-refractivity contribution in [2.75, 3.05) is 0 Å². The summed E-state index contributed by atoms with van der Waals surface area (Å²) >= 11 is 6.70. The Morgan fingerprint density at radius 3 is 2.45 bits per heavy atom. The number of hydrogen-bond donors (Lipinski definition) is 1. The van der Waals surface area contributed by atoms with Crippen LogP contribution in [0.2, 0.25) is 0 Å². The molecule has 5 heteroatoms. The zero-order valence-corrected chi connectivity index (χ0v) is 13.6. The summed E-state index contributed by atoms with van der Waals surface area (Å²) in [6.07, 6.45) is 1.65. The second-order valence-electron chi connectivity index (χ2n) is 4.82. The van der Waals surface area contributed by atoms with Crippen LogP contribution >= 0.6 is 23.6 Å². The molecule has 0 unspecified atom stereocenters. The van der Waals surface area contributed by atoms with Crippen molar-refractivity contribution in [3.63, 3.8) is 0 Å². The summed E-state index contributed by atoms with van der Waals surface area (Å²) in [4.78, 5) is 5.01. The molecule has 1 heterocycles. The zero-order chi connectivity index (χ0) is 15.5. The molecule has 0 spiro atoms. The van der Waals surface area contributed by atoms with Crippen molar-refractivity contribution >= 4 is 35.5 Å². The Kier molecular flexibility index (Phi) is 4.18. The van der Waals surface area contributed by atoms with Crippen LogP contribution in [0.15, 0.2) is 59.6 Å². The summed E-state index contributed by atoms with van der Waals surface area (Å²) in [7, 11) is 0. The first kappa shape index (κ1) is 14.7. The van der Waals surface area contributed by atoms with E-state index < -0.39 is 0 Å². The molecule has 0 aliphatic carbocycles. The normalized spacial score (nSPS) is 11.1. The van der Waals surface area contributed by atoms with Gasteiger partial charge in [0.1, 0.15) is 4.88 Å². The van der Waals surface area contributed by atoms with Crippen LogP contribution in [0.25, 0.3) is 5.69 Å². The fraction of sp³-hybridized carbons (Fsp3) is 0.0588. The van der Waals surface area contributed by atoms with Crippen LogP contribution in [-0.2, 0) is 0 Å². The van der Waals surface area contributed by atoms with Crippen LogP contribution in [0.1, 0.15) is 10.4 Å². The number of aromatic hydroxyl groups is 1. The molecule has 1 N–H and O–H groups in total. The van der Waals surface area contributed by atoms with Crippen molar-refractivity contribution in [1.29, 1.82) is 0 Å². The van der Waals surface area contributed by atoms with Gasteiger partial charge in [0.2, 0.25) is 5.88 Å².